The minimum Gasteiger partial charge on any atom is -0.331 e. The summed E-state index contributed by atoms with van der Waals surface area (Å²) in [6, 6.07) is 20.9. The Labute approximate surface area is 148 Å². The lowest BCUT2D eigenvalue weighted by Crippen LogP contribution is -2.34. The van der Waals surface area contributed by atoms with Gasteiger partial charge < -0.3 is 5.32 Å². The Balaban J connectivity index is 1.63. The summed E-state index contributed by atoms with van der Waals surface area (Å²) in [7, 11) is 0. The van der Waals surface area contributed by atoms with Gasteiger partial charge in [0.25, 0.3) is 0 Å². The fourth-order valence-electron chi connectivity index (χ4n) is 3.76. The van der Waals surface area contributed by atoms with Crippen LogP contribution in [0, 0.1) is 5.92 Å². The molecule has 3 nitrogen and oxygen atoms in total. The van der Waals surface area contributed by atoms with Crippen molar-refractivity contribution < 1.29 is 0 Å². The van der Waals surface area contributed by atoms with E-state index in [0.717, 1.165) is 12.1 Å². The van der Waals surface area contributed by atoms with Crippen LogP contribution in [0.4, 0.5) is 5.69 Å². The third-order valence-electron chi connectivity index (χ3n) is 4.88. The summed E-state index contributed by atoms with van der Waals surface area (Å²) < 4.78 is 0. The SMILES string of the molecule is S=C(Nc1ccccc1)N1N=C2CCCCC2C1c1ccccc1. The van der Waals surface area contributed by atoms with Gasteiger partial charge in [-0.05, 0) is 49.2 Å². The Kier molecular flexibility index (Phi) is 4.30. The van der Waals surface area contributed by atoms with E-state index in [1.807, 2.05) is 35.3 Å². The van der Waals surface area contributed by atoms with E-state index in [0.29, 0.717) is 11.0 Å². The number of fused-ring (bicyclic) bond motifs is 1. The number of hydrazone groups is 1. The van der Waals surface area contributed by atoms with Crippen LogP contribution in [0.3, 0.4) is 0 Å². The van der Waals surface area contributed by atoms with Gasteiger partial charge in [-0.15, -0.1) is 0 Å². The predicted octanol–water partition coefficient (Wildman–Crippen LogP) is 4.99. The van der Waals surface area contributed by atoms with Crippen LogP contribution in [0.15, 0.2) is 65.8 Å². The molecule has 1 fully saturated rings. The number of nitrogens with one attached hydrogen (secondary N) is 1. The number of hydrogen-bond donors (Lipinski definition) is 1. The molecule has 2 aliphatic rings. The highest BCUT2D eigenvalue weighted by Gasteiger charge is 2.40. The molecule has 0 amide bonds. The summed E-state index contributed by atoms with van der Waals surface area (Å²) in [4.78, 5) is 0. The molecule has 1 N–H and O–H groups in total. The second-order valence-electron chi connectivity index (χ2n) is 6.44. The molecule has 1 saturated carbocycles. The summed E-state index contributed by atoms with van der Waals surface area (Å²) in [6.07, 6.45) is 4.81. The average Bonchev–Trinajstić information content (AvgIpc) is 3.03. The van der Waals surface area contributed by atoms with Crippen molar-refractivity contribution in [3.8, 4) is 0 Å². The number of rotatable bonds is 2. The molecule has 24 heavy (non-hydrogen) atoms. The molecule has 2 aromatic carbocycles. The molecule has 122 valence electrons. The number of hydrogen-bond acceptors (Lipinski definition) is 2. The van der Waals surface area contributed by atoms with Gasteiger partial charge in [0.05, 0.1) is 6.04 Å². The molecule has 1 aliphatic carbocycles. The second-order valence-corrected chi connectivity index (χ2v) is 6.83. The van der Waals surface area contributed by atoms with Crippen molar-refractivity contribution >= 4 is 28.7 Å². The molecular weight excluding hydrogens is 314 g/mol. The van der Waals surface area contributed by atoms with Crippen molar-refractivity contribution in [2.24, 2.45) is 11.0 Å². The molecule has 2 atom stereocenters. The number of anilines is 1. The standard InChI is InChI=1S/C20H21N3S/c24-20(21-16-11-5-2-6-12-16)23-19(15-9-3-1-4-10-15)17-13-7-8-14-18(17)22-23/h1-6,9-12,17,19H,7-8,13-14H2,(H,21,24). The van der Waals surface area contributed by atoms with Gasteiger partial charge in [-0.25, -0.2) is 5.01 Å². The zero-order chi connectivity index (χ0) is 16.4. The topological polar surface area (TPSA) is 27.6 Å². The first-order chi connectivity index (χ1) is 11.8. The first-order valence-corrected chi connectivity index (χ1v) is 9.01. The Morgan fingerprint density at radius 2 is 1.71 bits per heavy atom. The molecular formula is C20H21N3S. The van der Waals surface area contributed by atoms with Crippen molar-refractivity contribution in [3.63, 3.8) is 0 Å². The molecule has 0 spiro atoms. The van der Waals surface area contributed by atoms with Gasteiger partial charge >= 0.3 is 0 Å². The Morgan fingerprint density at radius 1 is 1.00 bits per heavy atom. The van der Waals surface area contributed by atoms with E-state index in [-0.39, 0.29) is 6.04 Å². The normalized spacial score (nSPS) is 22.7. The molecule has 0 saturated heterocycles. The van der Waals surface area contributed by atoms with E-state index in [1.54, 1.807) is 0 Å². The quantitative estimate of drug-likeness (QED) is 0.784. The average molecular weight is 335 g/mol. The lowest BCUT2D eigenvalue weighted by Gasteiger charge is -2.30. The molecule has 4 rings (SSSR count). The Bertz CT molecular complexity index is 742. The highest BCUT2D eigenvalue weighted by atomic mass is 32.1. The van der Waals surface area contributed by atoms with Gasteiger partial charge in [-0.2, -0.15) is 5.10 Å². The van der Waals surface area contributed by atoms with Crippen molar-refractivity contribution in [2.75, 3.05) is 5.32 Å². The molecule has 0 bridgehead atoms. The Morgan fingerprint density at radius 3 is 2.46 bits per heavy atom. The number of benzene rings is 2. The molecule has 0 radical (unpaired) electrons. The smallest absolute Gasteiger partial charge is 0.194 e. The zero-order valence-corrected chi connectivity index (χ0v) is 14.4. The Hall–Kier alpha value is -2.20. The van der Waals surface area contributed by atoms with Gasteiger partial charge in [0.15, 0.2) is 5.11 Å². The summed E-state index contributed by atoms with van der Waals surface area (Å²) in [5, 5.41) is 11.0. The molecule has 2 aromatic rings. The van der Waals surface area contributed by atoms with E-state index < -0.39 is 0 Å². The van der Waals surface area contributed by atoms with Crippen LogP contribution in [0.5, 0.6) is 0 Å². The fraction of sp³-hybridized carbons (Fsp3) is 0.300. The number of thiocarbonyl (C=S) groups is 1. The minimum atomic E-state index is 0.213. The summed E-state index contributed by atoms with van der Waals surface area (Å²) in [5.41, 5.74) is 3.61. The summed E-state index contributed by atoms with van der Waals surface area (Å²) in [5.74, 6) is 0.483. The molecule has 1 heterocycles. The van der Waals surface area contributed by atoms with Crippen LogP contribution in [0.1, 0.15) is 37.3 Å². The molecule has 2 unspecified atom stereocenters. The molecule has 4 heteroatoms. The van der Waals surface area contributed by atoms with Gasteiger partial charge in [-0.3, -0.25) is 0 Å². The highest BCUT2D eigenvalue weighted by Crippen LogP contribution is 2.42. The van der Waals surface area contributed by atoms with Crippen molar-refractivity contribution in [1.82, 2.24) is 5.01 Å². The zero-order valence-electron chi connectivity index (χ0n) is 13.6. The maximum Gasteiger partial charge on any atom is 0.194 e. The second kappa shape index (κ2) is 6.73. The number of nitrogens with zero attached hydrogens (tertiary/aromatic N) is 2. The first-order valence-electron chi connectivity index (χ1n) is 8.60. The molecule has 1 aliphatic heterocycles. The van der Waals surface area contributed by atoms with E-state index in [9.17, 15) is 0 Å². The van der Waals surface area contributed by atoms with Crippen LogP contribution in [-0.4, -0.2) is 15.8 Å². The van der Waals surface area contributed by atoms with Crippen LogP contribution in [0.25, 0.3) is 0 Å². The van der Waals surface area contributed by atoms with Crippen LogP contribution < -0.4 is 5.32 Å². The van der Waals surface area contributed by atoms with Gasteiger partial charge in [0.2, 0.25) is 0 Å². The lowest BCUT2D eigenvalue weighted by molar-refractivity contribution is 0.304. The van der Waals surface area contributed by atoms with E-state index >= 15 is 0 Å². The third kappa shape index (κ3) is 2.94. The third-order valence-corrected chi connectivity index (χ3v) is 5.17. The summed E-state index contributed by atoms with van der Waals surface area (Å²) >= 11 is 5.70. The maximum atomic E-state index is 5.70. The minimum absolute atomic E-state index is 0.213. The van der Waals surface area contributed by atoms with Crippen molar-refractivity contribution in [2.45, 2.75) is 31.7 Å². The maximum absolute atomic E-state index is 5.70. The summed E-state index contributed by atoms with van der Waals surface area (Å²) in [6.45, 7) is 0. The lowest BCUT2D eigenvalue weighted by atomic mass is 9.80. The van der Waals surface area contributed by atoms with Gasteiger partial charge in [0, 0.05) is 17.3 Å². The van der Waals surface area contributed by atoms with Gasteiger partial charge in [0.1, 0.15) is 0 Å². The van der Waals surface area contributed by atoms with E-state index in [4.69, 9.17) is 17.3 Å². The predicted molar refractivity (Wildman–Crippen MR) is 103 cm³/mol. The number of para-hydroxylation sites is 1. The highest BCUT2D eigenvalue weighted by molar-refractivity contribution is 7.80. The monoisotopic (exact) mass is 335 g/mol. The fourth-order valence-corrected chi connectivity index (χ4v) is 4.03. The van der Waals surface area contributed by atoms with Crippen molar-refractivity contribution in [3.05, 3.63) is 66.2 Å². The molecule has 0 aromatic heterocycles. The van der Waals surface area contributed by atoms with E-state index in [2.05, 4.69) is 35.6 Å². The largest absolute Gasteiger partial charge is 0.331 e. The van der Waals surface area contributed by atoms with Crippen LogP contribution in [0.2, 0.25) is 0 Å². The van der Waals surface area contributed by atoms with E-state index in [1.165, 1.54) is 30.5 Å². The van der Waals surface area contributed by atoms with Gasteiger partial charge in [-0.1, -0.05) is 55.0 Å². The first kappa shape index (κ1) is 15.3. The van der Waals surface area contributed by atoms with Crippen LogP contribution >= 0.6 is 12.2 Å². The van der Waals surface area contributed by atoms with Crippen LogP contribution in [-0.2, 0) is 0 Å². The van der Waals surface area contributed by atoms with Crippen molar-refractivity contribution in [1.29, 1.82) is 0 Å².